The average Bonchev–Trinajstić information content (AvgIpc) is 2.75. The van der Waals surface area contributed by atoms with E-state index in [2.05, 4.69) is 17.0 Å². The molecular formula is C26H30ClNO2. The highest BCUT2D eigenvalue weighted by molar-refractivity contribution is 6.30. The first kappa shape index (κ1) is 22.4. The number of halogens is 1. The molecule has 4 heteroatoms. The largest absolute Gasteiger partial charge is 0.497 e. The molecule has 0 aliphatic heterocycles. The molecule has 1 N–H and O–H groups in total. The lowest BCUT2D eigenvalue weighted by Gasteiger charge is -2.39. The maximum absolute atomic E-state index is 12.3. The molecule has 0 spiro atoms. The molecule has 158 valence electrons. The Morgan fingerprint density at radius 3 is 2.27 bits per heavy atom. The fraction of sp³-hybridized carbons (Fsp3) is 0.308. The minimum atomic E-state index is -1.08. The molecule has 0 saturated heterocycles. The quantitative estimate of drug-likeness (QED) is 0.513. The van der Waals surface area contributed by atoms with Gasteiger partial charge in [-0.2, -0.15) is 0 Å². The van der Waals surface area contributed by atoms with Crippen molar-refractivity contribution in [3.8, 4) is 5.75 Å². The maximum Gasteiger partial charge on any atom is 0.119 e. The number of aliphatic hydroxyl groups is 1. The Morgan fingerprint density at radius 2 is 1.63 bits per heavy atom. The first-order valence-corrected chi connectivity index (χ1v) is 10.6. The van der Waals surface area contributed by atoms with Crippen LogP contribution in [0.5, 0.6) is 5.75 Å². The van der Waals surface area contributed by atoms with E-state index in [0.29, 0.717) is 11.4 Å². The van der Waals surface area contributed by atoms with Crippen LogP contribution in [-0.4, -0.2) is 37.8 Å². The minimum Gasteiger partial charge on any atom is -0.497 e. The van der Waals surface area contributed by atoms with Crippen LogP contribution in [0.15, 0.2) is 78.9 Å². The van der Waals surface area contributed by atoms with Gasteiger partial charge < -0.3 is 14.7 Å². The second kappa shape index (κ2) is 10.1. The van der Waals surface area contributed by atoms with Crippen LogP contribution in [0, 0.1) is 5.92 Å². The third-order valence-corrected chi connectivity index (χ3v) is 5.79. The average molecular weight is 424 g/mol. The van der Waals surface area contributed by atoms with Crippen LogP contribution in [-0.2, 0) is 18.4 Å². The molecular weight excluding hydrogens is 394 g/mol. The Hall–Kier alpha value is -2.33. The van der Waals surface area contributed by atoms with Crippen LogP contribution in [0.1, 0.15) is 16.7 Å². The third kappa shape index (κ3) is 5.63. The van der Waals surface area contributed by atoms with Gasteiger partial charge in [-0.1, -0.05) is 66.2 Å². The van der Waals surface area contributed by atoms with E-state index in [-0.39, 0.29) is 5.92 Å². The van der Waals surface area contributed by atoms with Crippen LogP contribution in [0.3, 0.4) is 0 Å². The summed E-state index contributed by atoms with van der Waals surface area (Å²) in [6.07, 6.45) is 1.25. The lowest BCUT2D eigenvalue weighted by atomic mass is 9.74. The topological polar surface area (TPSA) is 32.7 Å². The predicted octanol–water partition coefficient (Wildman–Crippen LogP) is 5.20. The number of hydrogen-bond acceptors (Lipinski definition) is 3. The monoisotopic (exact) mass is 423 g/mol. The van der Waals surface area contributed by atoms with Gasteiger partial charge in [0.05, 0.1) is 12.7 Å². The molecule has 0 heterocycles. The van der Waals surface area contributed by atoms with Gasteiger partial charge in [-0.25, -0.2) is 0 Å². The van der Waals surface area contributed by atoms with Crippen molar-refractivity contribution in [1.82, 2.24) is 4.90 Å². The zero-order valence-electron chi connectivity index (χ0n) is 17.9. The van der Waals surface area contributed by atoms with Crippen LogP contribution in [0.25, 0.3) is 0 Å². The lowest BCUT2D eigenvalue weighted by molar-refractivity contribution is -0.0331. The van der Waals surface area contributed by atoms with Crippen molar-refractivity contribution in [2.75, 3.05) is 27.7 Å². The van der Waals surface area contributed by atoms with Gasteiger partial charge in [-0.05, 0) is 61.5 Å². The molecule has 3 aromatic carbocycles. The van der Waals surface area contributed by atoms with Crippen LogP contribution >= 0.6 is 11.6 Å². The Morgan fingerprint density at radius 1 is 0.933 bits per heavy atom. The summed E-state index contributed by atoms with van der Waals surface area (Å²) in [5, 5.41) is 13.0. The normalized spacial score (nSPS) is 14.3. The molecule has 3 rings (SSSR count). The third-order valence-electron chi connectivity index (χ3n) is 5.54. The molecule has 0 radical (unpaired) electrons. The van der Waals surface area contributed by atoms with E-state index in [4.69, 9.17) is 16.3 Å². The summed E-state index contributed by atoms with van der Waals surface area (Å²) >= 11 is 6.09. The summed E-state index contributed by atoms with van der Waals surface area (Å²) in [5.74, 6) is 0.711. The SMILES string of the molecule is COc1cccc(C(O)(Cc2ccc(Cl)cc2)C(Cc2ccccc2)CN(C)C)c1. The first-order valence-electron chi connectivity index (χ1n) is 10.2. The Labute approximate surface area is 184 Å². The highest BCUT2D eigenvalue weighted by Crippen LogP contribution is 2.37. The Bertz CT molecular complexity index is 927. The van der Waals surface area contributed by atoms with Crippen LogP contribution in [0.4, 0.5) is 0 Å². The smallest absolute Gasteiger partial charge is 0.119 e. The van der Waals surface area contributed by atoms with Crippen LogP contribution in [0.2, 0.25) is 5.02 Å². The first-order chi connectivity index (χ1) is 14.4. The van der Waals surface area contributed by atoms with E-state index >= 15 is 0 Å². The molecule has 0 amide bonds. The predicted molar refractivity (Wildman–Crippen MR) is 124 cm³/mol. The van der Waals surface area contributed by atoms with E-state index in [1.807, 2.05) is 80.8 Å². The van der Waals surface area contributed by atoms with Gasteiger partial charge in [-0.3, -0.25) is 0 Å². The van der Waals surface area contributed by atoms with Crippen molar-refractivity contribution in [3.63, 3.8) is 0 Å². The van der Waals surface area contributed by atoms with Crippen LogP contribution < -0.4 is 4.74 Å². The molecule has 0 fully saturated rings. The van der Waals surface area contributed by atoms with Gasteiger partial charge in [0.1, 0.15) is 5.75 Å². The molecule has 0 aliphatic carbocycles. The summed E-state index contributed by atoms with van der Waals surface area (Å²) in [6, 6.07) is 25.9. The lowest BCUT2D eigenvalue weighted by Crippen LogP contribution is -2.43. The zero-order valence-corrected chi connectivity index (χ0v) is 18.6. The standard InChI is InChI=1S/C26H30ClNO2/c1-28(2)19-23(16-20-8-5-4-6-9-20)26(29,18-21-12-14-24(27)15-13-21)22-10-7-11-25(17-22)30-3/h4-15,17,23,29H,16,18-19H2,1-3H3. The van der Waals surface area contributed by atoms with Gasteiger partial charge in [-0.15, -0.1) is 0 Å². The fourth-order valence-electron chi connectivity index (χ4n) is 4.01. The second-order valence-electron chi connectivity index (χ2n) is 8.11. The molecule has 0 bridgehead atoms. The van der Waals surface area contributed by atoms with Gasteiger partial charge >= 0.3 is 0 Å². The number of methoxy groups -OCH3 is 1. The molecule has 0 saturated carbocycles. The summed E-state index contributed by atoms with van der Waals surface area (Å²) in [4.78, 5) is 2.14. The van der Waals surface area contributed by atoms with Gasteiger partial charge in [0.15, 0.2) is 0 Å². The Balaban J connectivity index is 2.06. The number of nitrogens with zero attached hydrogens (tertiary/aromatic N) is 1. The molecule has 0 aromatic heterocycles. The van der Waals surface area contributed by atoms with E-state index in [9.17, 15) is 5.11 Å². The highest BCUT2D eigenvalue weighted by Gasteiger charge is 2.39. The van der Waals surface area contributed by atoms with Gasteiger partial charge in [0.2, 0.25) is 0 Å². The van der Waals surface area contributed by atoms with Gasteiger partial charge in [0.25, 0.3) is 0 Å². The summed E-state index contributed by atoms with van der Waals surface area (Å²) in [5.41, 5.74) is 2.03. The molecule has 3 nitrogen and oxygen atoms in total. The highest BCUT2D eigenvalue weighted by atomic mass is 35.5. The van der Waals surface area contributed by atoms with Crippen molar-refractivity contribution in [3.05, 3.63) is 101 Å². The van der Waals surface area contributed by atoms with Crippen molar-refractivity contribution in [2.45, 2.75) is 18.4 Å². The minimum absolute atomic E-state index is 0.0299. The fourth-order valence-corrected chi connectivity index (χ4v) is 4.14. The van der Waals surface area contributed by atoms with Crippen molar-refractivity contribution in [1.29, 1.82) is 0 Å². The van der Waals surface area contributed by atoms with E-state index < -0.39 is 5.60 Å². The number of benzene rings is 3. The Kier molecular flexibility index (Phi) is 7.54. The number of ether oxygens (including phenoxy) is 1. The molecule has 2 unspecified atom stereocenters. The molecule has 3 aromatic rings. The number of rotatable bonds is 9. The summed E-state index contributed by atoms with van der Waals surface area (Å²) in [6.45, 7) is 0.746. The second-order valence-corrected chi connectivity index (χ2v) is 8.54. The number of hydrogen-bond donors (Lipinski definition) is 1. The van der Waals surface area contributed by atoms with E-state index in [1.54, 1.807) is 7.11 Å². The maximum atomic E-state index is 12.3. The zero-order chi connectivity index (χ0) is 21.6. The van der Waals surface area contributed by atoms with Crippen molar-refractivity contribution < 1.29 is 9.84 Å². The molecule has 2 atom stereocenters. The molecule has 30 heavy (non-hydrogen) atoms. The molecule has 0 aliphatic rings. The summed E-state index contributed by atoms with van der Waals surface area (Å²) in [7, 11) is 5.75. The van der Waals surface area contributed by atoms with E-state index in [0.717, 1.165) is 29.8 Å². The van der Waals surface area contributed by atoms with Crippen molar-refractivity contribution >= 4 is 11.6 Å². The van der Waals surface area contributed by atoms with Crippen molar-refractivity contribution in [2.24, 2.45) is 5.92 Å². The van der Waals surface area contributed by atoms with Gasteiger partial charge in [0, 0.05) is 23.9 Å². The summed E-state index contributed by atoms with van der Waals surface area (Å²) < 4.78 is 5.46. The van der Waals surface area contributed by atoms with E-state index in [1.165, 1.54) is 5.56 Å².